The SMILES string of the molecule is Cc1ccc(N=C2NC(=O)/C(=C/c3ccc(OCC(N)=O)c(Cl)c3)S2)cc1. The van der Waals surface area contributed by atoms with Crippen molar-refractivity contribution >= 4 is 52.1 Å². The van der Waals surface area contributed by atoms with E-state index in [1.54, 1.807) is 24.3 Å². The molecule has 1 fully saturated rings. The van der Waals surface area contributed by atoms with E-state index in [-0.39, 0.29) is 12.5 Å². The summed E-state index contributed by atoms with van der Waals surface area (Å²) in [5.41, 5.74) is 7.68. The molecule has 0 aliphatic carbocycles. The lowest BCUT2D eigenvalue weighted by atomic mass is 10.2. The second-order valence-corrected chi connectivity index (χ2v) is 7.20. The topological polar surface area (TPSA) is 93.8 Å². The van der Waals surface area contributed by atoms with Crippen molar-refractivity contribution in [2.45, 2.75) is 6.92 Å². The van der Waals surface area contributed by atoms with Crippen molar-refractivity contribution in [1.29, 1.82) is 0 Å². The van der Waals surface area contributed by atoms with Crippen LogP contribution < -0.4 is 15.8 Å². The van der Waals surface area contributed by atoms with Gasteiger partial charge < -0.3 is 15.8 Å². The lowest BCUT2D eigenvalue weighted by Crippen LogP contribution is -2.20. The third-order valence-corrected chi connectivity index (χ3v) is 4.74. The van der Waals surface area contributed by atoms with Gasteiger partial charge in [0.2, 0.25) is 0 Å². The van der Waals surface area contributed by atoms with Crippen LogP contribution in [0.2, 0.25) is 5.02 Å². The predicted molar refractivity (Wildman–Crippen MR) is 108 cm³/mol. The van der Waals surface area contributed by atoms with Crippen LogP contribution in [0.4, 0.5) is 5.69 Å². The van der Waals surface area contributed by atoms with E-state index in [2.05, 4.69) is 10.3 Å². The van der Waals surface area contributed by atoms with E-state index < -0.39 is 5.91 Å². The maximum Gasteiger partial charge on any atom is 0.264 e. The Labute approximate surface area is 165 Å². The number of hydrogen-bond donors (Lipinski definition) is 2. The number of carbonyl (C=O) groups excluding carboxylic acids is 2. The lowest BCUT2D eigenvalue weighted by Gasteiger charge is -2.06. The molecule has 8 heteroatoms. The Morgan fingerprint density at radius 1 is 1.30 bits per heavy atom. The zero-order valence-electron chi connectivity index (χ0n) is 14.4. The van der Waals surface area contributed by atoms with Crippen LogP contribution in [-0.4, -0.2) is 23.6 Å². The van der Waals surface area contributed by atoms with Gasteiger partial charge in [-0.15, -0.1) is 0 Å². The molecule has 2 aromatic rings. The first-order valence-corrected chi connectivity index (χ1v) is 9.17. The third kappa shape index (κ3) is 5.12. The molecule has 1 saturated heterocycles. The first-order chi connectivity index (χ1) is 12.9. The Balaban J connectivity index is 1.75. The highest BCUT2D eigenvalue weighted by Crippen LogP contribution is 2.31. The van der Waals surface area contributed by atoms with E-state index in [1.807, 2.05) is 31.2 Å². The molecule has 3 N–H and O–H groups in total. The van der Waals surface area contributed by atoms with Crippen LogP contribution in [0.5, 0.6) is 5.75 Å². The number of nitrogens with two attached hydrogens (primary N) is 1. The number of carbonyl (C=O) groups is 2. The minimum absolute atomic E-state index is 0.226. The zero-order chi connectivity index (χ0) is 19.4. The van der Waals surface area contributed by atoms with Gasteiger partial charge in [0.25, 0.3) is 11.8 Å². The number of ether oxygens (including phenoxy) is 1. The highest BCUT2D eigenvalue weighted by atomic mass is 35.5. The first-order valence-electron chi connectivity index (χ1n) is 7.97. The summed E-state index contributed by atoms with van der Waals surface area (Å²) in [6.45, 7) is 1.75. The molecule has 0 bridgehead atoms. The smallest absolute Gasteiger partial charge is 0.264 e. The fraction of sp³-hybridized carbons (Fsp3) is 0.105. The summed E-state index contributed by atoms with van der Waals surface area (Å²) in [5, 5.41) is 3.58. The quantitative estimate of drug-likeness (QED) is 0.751. The number of nitrogens with one attached hydrogen (secondary N) is 1. The molecule has 138 valence electrons. The molecule has 0 atom stereocenters. The van der Waals surface area contributed by atoms with Gasteiger partial charge in [-0.2, -0.15) is 0 Å². The van der Waals surface area contributed by atoms with E-state index >= 15 is 0 Å². The Morgan fingerprint density at radius 3 is 2.70 bits per heavy atom. The van der Waals surface area contributed by atoms with Crippen LogP contribution in [-0.2, 0) is 9.59 Å². The number of aliphatic imine (C=N–C) groups is 1. The molecular weight excluding hydrogens is 386 g/mol. The number of aryl methyl sites for hydroxylation is 1. The number of hydrogen-bond acceptors (Lipinski definition) is 5. The van der Waals surface area contributed by atoms with Gasteiger partial charge in [0.05, 0.1) is 15.6 Å². The molecule has 6 nitrogen and oxygen atoms in total. The predicted octanol–water partition coefficient (Wildman–Crippen LogP) is 3.40. The molecule has 0 unspecified atom stereocenters. The van der Waals surface area contributed by atoms with Gasteiger partial charge in [-0.1, -0.05) is 35.4 Å². The van der Waals surface area contributed by atoms with Crippen molar-refractivity contribution in [3.63, 3.8) is 0 Å². The van der Waals surface area contributed by atoms with Gasteiger partial charge >= 0.3 is 0 Å². The summed E-state index contributed by atoms with van der Waals surface area (Å²) in [4.78, 5) is 27.9. The van der Waals surface area contributed by atoms with Crippen LogP contribution in [0.1, 0.15) is 11.1 Å². The molecule has 0 saturated carbocycles. The maximum atomic E-state index is 12.2. The highest BCUT2D eigenvalue weighted by Gasteiger charge is 2.23. The normalized spacial score (nSPS) is 16.6. The number of halogens is 1. The summed E-state index contributed by atoms with van der Waals surface area (Å²) < 4.78 is 5.21. The fourth-order valence-electron chi connectivity index (χ4n) is 2.24. The average Bonchev–Trinajstić information content (AvgIpc) is 2.95. The van der Waals surface area contributed by atoms with E-state index in [0.717, 1.165) is 16.8 Å². The Kier molecular flexibility index (Phi) is 5.83. The highest BCUT2D eigenvalue weighted by molar-refractivity contribution is 8.18. The second kappa shape index (κ2) is 8.28. The van der Waals surface area contributed by atoms with Gasteiger partial charge in [-0.05, 0) is 54.6 Å². The minimum Gasteiger partial charge on any atom is -0.482 e. The summed E-state index contributed by atoms with van der Waals surface area (Å²) in [7, 11) is 0. The summed E-state index contributed by atoms with van der Waals surface area (Å²) in [6, 6.07) is 12.7. The lowest BCUT2D eigenvalue weighted by molar-refractivity contribution is -0.120. The summed E-state index contributed by atoms with van der Waals surface area (Å²) >= 11 is 7.40. The molecule has 2 aromatic carbocycles. The monoisotopic (exact) mass is 401 g/mol. The summed E-state index contributed by atoms with van der Waals surface area (Å²) in [6.07, 6.45) is 1.71. The molecule has 3 rings (SSSR count). The van der Waals surface area contributed by atoms with Crippen molar-refractivity contribution < 1.29 is 14.3 Å². The average molecular weight is 402 g/mol. The van der Waals surface area contributed by atoms with E-state index in [1.165, 1.54) is 11.8 Å². The molecular formula is C19H16ClN3O3S. The fourth-order valence-corrected chi connectivity index (χ4v) is 3.33. The van der Waals surface area contributed by atoms with Crippen molar-refractivity contribution in [1.82, 2.24) is 5.32 Å². The van der Waals surface area contributed by atoms with Crippen LogP contribution in [0, 0.1) is 6.92 Å². The van der Waals surface area contributed by atoms with Gasteiger partial charge in [0.15, 0.2) is 11.8 Å². The molecule has 27 heavy (non-hydrogen) atoms. The Morgan fingerprint density at radius 2 is 2.04 bits per heavy atom. The Bertz CT molecular complexity index is 955. The summed E-state index contributed by atoms with van der Waals surface area (Å²) in [5.74, 6) is -0.463. The van der Waals surface area contributed by atoms with Crippen molar-refractivity contribution in [3.8, 4) is 5.75 Å². The van der Waals surface area contributed by atoms with E-state index in [0.29, 0.717) is 20.8 Å². The molecule has 0 aromatic heterocycles. The van der Waals surface area contributed by atoms with Crippen molar-refractivity contribution in [2.24, 2.45) is 10.7 Å². The third-order valence-electron chi connectivity index (χ3n) is 3.54. The molecule has 0 radical (unpaired) electrons. The number of benzene rings is 2. The van der Waals surface area contributed by atoms with Crippen LogP contribution in [0.25, 0.3) is 6.08 Å². The zero-order valence-corrected chi connectivity index (χ0v) is 15.9. The maximum absolute atomic E-state index is 12.2. The van der Waals surface area contributed by atoms with Crippen LogP contribution in [0.3, 0.4) is 0 Å². The largest absolute Gasteiger partial charge is 0.482 e. The van der Waals surface area contributed by atoms with E-state index in [4.69, 9.17) is 22.1 Å². The van der Waals surface area contributed by atoms with Crippen molar-refractivity contribution in [3.05, 3.63) is 63.5 Å². The van der Waals surface area contributed by atoms with E-state index in [9.17, 15) is 9.59 Å². The molecule has 2 amide bonds. The van der Waals surface area contributed by atoms with Gasteiger partial charge in [0, 0.05) is 0 Å². The number of amidine groups is 1. The number of primary amides is 1. The number of nitrogens with zero attached hydrogens (tertiary/aromatic N) is 1. The first kappa shape index (κ1) is 19.0. The molecule has 1 aliphatic heterocycles. The minimum atomic E-state index is -0.586. The van der Waals surface area contributed by atoms with Crippen LogP contribution >= 0.6 is 23.4 Å². The van der Waals surface area contributed by atoms with Gasteiger partial charge in [-0.3, -0.25) is 9.59 Å². The second-order valence-electron chi connectivity index (χ2n) is 5.76. The van der Waals surface area contributed by atoms with Crippen molar-refractivity contribution in [2.75, 3.05) is 6.61 Å². The standard InChI is InChI=1S/C19H16ClN3O3S/c1-11-2-5-13(6-3-11)22-19-23-18(25)16(27-19)9-12-4-7-15(14(20)8-12)26-10-17(21)24/h2-9H,10H2,1H3,(H2,21,24)(H,22,23,25)/b16-9-. The Hall–Kier alpha value is -2.77. The molecule has 1 heterocycles. The molecule has 1 aliphatic rings. The van der Waals surface area contributed by atoms with Gasteiger partial charge in [0.1, 0.15) is 5.75 Å². The number of rotatable bonds is 5. The van der Waals surface area contributed by atoms with Crippen LogP contribution in [0.15, 0.2) is 52.4 Å². The van der Waals surface area contributed by atoms with Gasteiger partial charge in [-0.25, -0.2) is 4.99 Å². The number of thioether (sulfide) groups is 1. The number of amides is 2. The molecule has 0 spiro atoms.